The van der Waals surface area contributed by atoms with Crippen molar-refractivity contribution in [1.82, 2.24) is 15.0 Å². The lowest BCUT2D eigenvalue weighted by molar-refractivity contribution is 0.0698. The first kappa shape index (κ1) is 11.1. The van der Waals surface area contributed by atoms with Crippen LogP contribution < -0.4 is 5.32 Å². The highest BCUT2D eigenvalue weighted by atomic mass is 16.4. The summed E-state index contributed by atoms with van der Waals surface area (Å²) in [5.74, 6) is -0.952. The summed E-state index contributed by atoms with van der Waals surface area (Å²) < 4.78 is 1.60. The van der Waals surface area contributed by atoms with Crippen molar-refractivity contribution in [2.45, 2.75) is 6.54 Å². The molecule has 2 N–H and O–H groups in total. The third-order valence-corrected chi connectivity index (χ3v) is 2.27. The lowest BCUT2D eigenvalue weighted by Crippen LogP contribution is -2.06. The number of para-hydroxylation sites is 1. The number of rotatable bonds is 4. The second-order valence-corrected chi connectivity index (χ2v) is 3.59. The summed E-state index contributed by atoms with van der Waals surface area (Å²) in [4.78, 5) is 11.0. The second-order valence-electron chi connectivity index (χ2n) is 3.59. The zero-order chi connectivity index (χ0) is 12.3. The van der Waals surface area contributed by atoms with E-state index in [0.29, 0.717) is 12.2 Å². The number of carboxylic acid groups (broad SMARTS) is 1. The number of hydrogen-bond acceptors (Lipinski definition) is 4. The lowest BCUT2D eigenvalue weighted by atomic mass is 10.2. The minimum Gasteiger partial charge on any atom is -0.478 e. The molecule has 6 nitrogen and oxygen atoms in total. The van der Waals surface area contributed by atoms with Crippen LogP contribution in [0.3, 0.4) is 0 Å². The zero-order valence-corrected chi connectivity index (χ0v) is 9.29. The van der Waals surface area contributed by atoms with Crippen LogP contribution in [0.1, 0.15) is 16.1 Å². The third kappa shape index (κ3) is 2.60. The van der Waals surface area contributed by atoms with Gasteiger partial charge >= 0.3 is 5.97 Å². The molecule has 0 fully saturated rings. The van der Waals surface area contributed by atoms with Crippen LogP contribution in [0, 0.1) is 0 Å². The first-order valence-electron chi connectivity index (χ1n) is 5.08. The van der Waals surface area contributed by atoms with E-state index in [-0.39, 0.29) is 5.56 Å². The van der Waals surface area contributed by atoms with Gasteiger partial charge < -0.3 is 10.4 Å². The topological polar surface area (TPSA) is 80.0 Å². The molecule has 1 aromatic carbocycles. The number of aromatic nitrogens is 3. The number of hydrogen-bond donors (Lipinski definition) is 2. The fourth-order valence-electron chi connectivity index (χ4n) is 1.49. The van der Waals surface area contributed by atoms with Gasteiger partial charge in [-0.25, -0.2) is 4.79 Å². The van der Waals surface area contributed by atoms with Crippen molar-refractivity contribution < 1.29 is 9.90 Å². The molecule has 1 aromatic heterocycles. The van der Waals surface area contributed by atoms with E-state index < -0.39 is 5.97 Å². The molecule has 0 aliphatic heterocycles. The Bertz CT molecular complexity index is 536. The molecule has 1 heterocycles. The van der Waals surface area contributed by atoms with Crippen LogP contribution in [0.25, 0.3) is 0 Å². The van der Waals surface area contributed by atoms with Gasteiger partial charge in [0.15, 0.2) is 0 Å². The summed E-state index contributed by atoms with van der Waals surface area (Å²) in [6.07, 6.45) is 1.77. The monoisotopic (exact) mass is 232 g/mol. The summed E-state index contributed by atoms with van der Waals surface area (Å²) in [6, 6.07) is 6.75. The van der Waals surface area contributed by atoms with Crippen molar-refractivity contribution in [1.29, 1.82) is 0 Å². The van der Waals surface area contributed by atoms with Crippen molar-refractivity contribution in [2.75, 3.05) is 5.32 Å². The Balaban J connectivity index is 2.11. The van der Waals surface area contributed by atoms with E-state index in [0.717, 1.165) is 5.69 Å². The van der Waals surface area contributed by atoms with Gasteiger partial charge in [0.2, 0.25) is 0 Å². The van der Waals surface area contributed by atoms with Gasteiger partial charge in [-0.3, -0.25) is 4.68 Å². The molecule has 0 amide bonds. The van der Waals surface area contributed by atoms with Crippen LogP contribution in [0.2, 0.25) is 0 Å². The third-order valence-electron chi connectivity index (χ3n) is 2.27. The number of carboxylic acids is 1. The molecule has 0 spiro atoms. The highest BCUT2D eigenvalue weighted by Gasteiger charge is 2.08. The maximum absolute atomic E-state index is 11.0. The van der Waals surface area contributed by atoms with E-state index in [4.69, 9.17) is 5.11 Å². The van der Waals surface area contributed by atoms with E-state index in [1.807, 2.05) is 0 Å². The molecule has 0 unspecified atom stereocenters. The van der Waals surface area contributed by atoms with Gasteiger partial charge in [0, 0.05) is 18.9 Å². The van der Waals surface area contributed by atoms with Crippen LogP contribution in [0.5, 0.6) is 0 Å². The van der Waals surface area contributed by atoms with Crippen LogP contribution in [-0.2, 0) is 13.6 Å². The molecular formula is C11H12N4O2. The van der Waals surface area contributed by atoms with Crippen LogP contribution in [-0.4, -0.2) is 26.1 Å². The average Bonchev–Trinajstić information content (AvgIpc) is 2.73. The van der Waals surface area contributed by atoms with Gasteiger partial charge in [-0.05, 0) is 12.1 Å². The van der Waals surface area contributed by atoms with Gasteiger partial charge in [0.1, 0.15) is 5.69 Å². The molecule has 0 radical (unpaired) electrons. The number of carbonyl (C=O) groups is 1. The largest absolute Gasteiger partial charge is 0.478 e. The number of nitrogens with one attached hydrogen (secondary N) is 1. The lowest BCUT2D eigenvalue weighted by Gasteiger charge is -2.07. The Kier molecular flexibility index (Phi) is 3.04. The highest BCUT2D eigenvalue weighted by Crippen LogP contribution is 2.15. The Morgan fingerprint density at radius 2 is 2.24 bits per heavy atom. The van der Waals surface area contributed by atoms with Crippen molar-refractivity contribution in [3.8, 4) is 0 Å². The van der Waals surface area contributed by atoms with Gasteiger partial charge in [0.05, 0.1) is 12.1 Å². The molecule has 17 heavy (non-hydrogen) atoms. The predicted molar refractivity (Wildman–Crippen MR) is 61.7 cm³/mol. The number of aryl methyl sites for hydroxylation is 1. The van der Waals surface area contributed by atoms with E-state index in [2.05, 4.69) is 15.6 Å². The van der Waals surface area contributed by atoms with E-state index in [1.54, 1.807) is 42.2 Å². The van der Waals surface area contributed by atoms with E-state index >= 15 is 0 Å². The molecule has 2 aromatic rings. The minimum absolute atomic E-state index is 0.247. The Hall–Kier alpha value is -2.37. The summed E-state index contributed by atoms with van der Waals surface area (Å²) in [5, 5.41) is 19.7. The fraction of sp³-hybridized carbons (Fsp3) is 0.182. The molecule has 88 valence electrons. The quantitative estimate of drug-likeness (QED) is 0.825. The van der Waals surface area contributed by atoms with Crippen molar-refractivity contribution in [3.05, 3.63) is 41.7 Å². The van der Waals surface area contributed by atoms with Gasteiger partial charge in [-0.1, -0.05) is 17.3 Å². The van der Waals surface area contributed by atoms with Gasteiger partial charge in [-0.15, -0.1) is 5.10 Å². The summed E-state index contributed by atoms with van der Waals surface area (Å²) >= 11 is 0. The molecule has 0 atom stereocenters. The predicted octanol–water partition coefficient (Wildman–Crippen LogP) is 1.13. The summed E-state index contributed by atoms with van der Waals surface area (Å²) in [6.45, 7) is 0.443. The zero-order valence-electron chi connectivity index (χ0n) is 9.29. The van der Waals surface area contributed by atoms with E-state index in [1.165, 1.54) is 0 Å². The molecule has 0 saturated heterocycles. The smallest absolute Gasteiger partial charge is 0.337 e. The molecule has 0 aliphatic rings. The first-order valence-corrected chi connectivity index (χ1v) is 5.08. The standard InChI is InChI=1S/C11H12N4O2/c1-15-7-8(13-14-15)6-12-10-5-3-2-4-9(10)11(16)17/h2-5,7,12H,6H2,1H3,(H,16,17). The van der Waals surface area contributed by atoms with Crippen LogP contribution in [0.4, 0.5) is 5.69 Å². The Morgan fingerprint density at radius 1 is 1.47 bits per heavy atom. The first-order chi connectivity index (χ1) is 8.16. The van der Waals surface area contributed by atoms with Crippen molar-refractivity contribution in [2.24, 2.45) is 7.05 Å². The number of aromatic carboxylic acids is 1. The van der Waals surface area contributed by atoms with Crippen LogP contribution >= 0.6 is 0 Å². The van der Waals surface area contributed by atoms with Gasteiger partial charge in [0.25, 0.3) is 0 Å². The summed E-state index contributed by atoms with van der Waals surface area (Å²) in [5.41, 5.74) is 1.58. The van der Waals surface area contributed by atoms with Crippen LogP contribution in [0.15, 0.2) is 30.5 Å². The summed E-state index contributed by atoms with van der Waals surface area (Å²) in [7, 11) is 1.78. The SMILES string of the molecule is Cn1cc(CNc2ccccc2C(=O)O)nn1. The number of nitrogens with zero attached hydrogens (tertiary/aromatic N) is 3. The Labute approximate surface area is 97.9 Å². The second kappa shape index (κ2) is 4.65. The maximum atomic E-state index is 11.0. The fourth-order valence-corrected chi connectivity index (χ4v) is 1.49. The Morgan fingerprint density at radius 3 is 2.88 bits per heavy atom. The molecular weight excluding hydrogens is 220 g/mol. The average molecular weight is 232 g/mol. The van der Waals surface area contributed by atoms with E-state index in [9.17, 15) is 4.79 Å². The molecule has 0 bridgehead atoms. The van der Waals surface area contributed by atoms with Crippen molar-refractivity contribution in [3.63, 3.8) is 0 Å². The number of benzene rings is 1. The minimum atomic E-state index is -0.952. The molecule has 6 heteroatoms. The molecule has 2 rings (SSSR count). The highest BCUT2D eigenvalue weighted by molar-refractivity contribution is 5.94. The maximum Gasteiger partial charge on any atom is 0.337 e. The number of anilines is 1. The van der Waals surface area contributed by atoms with Gasteiger partial charge in [-0.2, -0.15) is 0 Å². The molecule has 0 aliphatic carbocycles. The van der Waals surface area contributed by atoms with Crippen molar-refractivity contribution >= 4 is 11.7 Å². The molecule has 0 saturated carbocycles. The normalized spacial score (nSPS) is 10.2.